The van der Waals surface area contributed by atoms with Gasteiger partial charge in [0, 0.05) is 5.92 Å². The van der Waals surface area contributed by atoms with Crippen molar-refractivity contribution in [2.45, 2.75) is 12.8 Å². The van der Waals surface area contributed by atoms with Gasteiger partial charge in [-0.05, 0) is 12.8 Å². The maximum atomic E-state index is 11.2. The molecule has 0 radical (unpaired) electrons. The Kier molecular flexibility index (Phi) is 3.22. The first-order chi connectivity index (χ1) is 6.60. The Morgan fingerprint density at radius 1 is 1.43 bits per heavy atom. The van der Waals surface area contributed by atoms with Crippen LogP contribution >= 0.6 is 0 Å². The highest BCUT2D eigenvalue weighted by molar-refractivity contribution is 5.80. The third kappa shape index (κ3) is 1.92. The number of carbonyl (C=O) groups excluding carboxylic acids is 2. The van der Waals surface area contributed by atoms with Crippen LogP contribution in [0.15, 0.2) is 0 Å². The molecule has 0 aliphatic heterocycles. The quantitative estimate of drug-likeness (QED) is 0.515. The molecule has 5 heteroatoms. The Labute approximate surface area is 81.0 Å². The number of carbonyl (C=O) groups is 3. The van der Waals surface area contributed by atoms with Gasteiger partial charge in [0.2, 0.25) is 0 Å². The Bertz CT molecular complexity index is 260. The van der Waals surface area contributed by atoms with E-state index in [9.17, 15) is 14.4 Å². The van der Waals surface area contributed by atoms with Crippen LogP contribution in [0.5, 0.6) is 0 Å². The molecule has 0 heterocycles. The van der Waals surface area contributed by atoms with Crippen LogP contribution in [-0.4, -0.2) is 30.4 Å². The maximum Gasteiger partial charge on any atom is 0.309 e. The molecule has 0 aromatic heterocycles. The third-order valence-electron chi connectivity index (χ3n) is 2.64. The smallest absolute Gasteiger partial charge is 0.309 e. The molecule has 0 aromatic carbocycles. The van der Waals surface area contributed by atoms with E-state index in [0.717, 1.165) is 0 Å². The number of methoxy groups -OCH3 is 1. The second-order valence-electron chi connectivity index (χ2n) is 3.44. The largest absolute Gasteiger partial charge is 0.481 e. The van der Waals surface area contributed by atoms with Gasteiger partial charge >= 0.3 is 11.9 Å². The van der Waals surface area contributed by atoms with Crippen LogP contribution < -0.4 is 0 Å². The second kappa shape index (κ2) is 4.21. The molecule has 0 bridgehead atoms. The van der Waals surface area contributed by atoms with Gasteiger partial charge in [0.1, 0.15) is 6.29 Å². The summed E-state index contributed by atoms with van der Waals surface area (Å²) in [6.45, 7) is 0. The first-order valence-corrected chi connectivity index (χ1v) is 4.36. The van der Waals surface area contributed by atoms with Crippen molar-refractivity contribution in [1.29, 1.82) is 0 Å². The molecule has 1 aliphatic carbocycles. The minimum absolute atomic E-state index is 0.200. The van der Waals surface area contributed by atoms with Gasteiger partial charge in [0.05, 0.1) is 18.9 Å². The Balaban J connectivity index is 2.72. The van der Waals surface area contributed by atoms with Crippen molar-refractivity contribution in [3.8, 4) is 0 Å². The predicted octanol–water partition coefficient (Wildman–Crippen LogP) is 0.0853. The van der Waals surface area contributed by atoms with Crippen LogP contribution in [0.3, 0.4) is 0 Å². The zero-order valence-corrected chi connectivity index (χ0v) is 7.80. The normalized spacial score (nSPS) is 31.1. The van der Waals surface area contributed by atoms with Crippen LogP contribution in [0, 0.1) is 17.8 Å². The number of aliphatic carboxylic acids is 1. The lowest BCUT2D eigenvalue weighted by Gasteiger charge is -2.09. The summed E-state index contributed by atoms with van der Waals surface area (Å²) in [5.74, 6) is -3.15. The number of carboxylic acid groups (broad SMARTS) is 1. The minimum atomic E-state index is -0.955. The highest BCUT2D eigenvalue weighted by atomic mass is 16.5. The third-order valence-corrected chi connectivity index (χ3v) is 2.64. The standard InChI is InChI=1S/C9H12O5/c1-14-9(13)7-3-5(8(11)12)2-6(7)4-10/h4-7H,2-3H2,1H3,(H,11,12)/t5-,6-,7-/m1/s1. The van der Waals surface area contributed by atoms with E-state index < -0.39 is 29.7 Å². The summed E-state index contributed by atoms with van der Waals surface area (Å²) in [4.78, 5) is 32.4. The molecule has 78 valence electrons. The Morgan fingerprint density at radius 3 is 2.50 bits per heavy atom. The van der Waals surface area contributed by atoms with Crippen molar-refractivity contribution in [3.05, 3.63) is 0 Å². The molecule has 5 nitrogen and oxygen atoms in total. The fraction of sp³-hybridized carbons (Fsp3) is 0.667. The summed E-state index contributed by atoms with van der Waals surface area (Å²) >= 11 is 0. The zero-order chi connectivity index (χ0) is 10.7. The molecule has 1 saturated carbocycles. The van der Waals surface area contributed by atoms with E-state index >= 15 is 0 Å². The van der Waals surface area contributed by atoms with Gasteiger partial charge in [-0.3, -0.25) is 9.59 Å². The lowest BCUT2D eigenvalue weighted by atomic mass is 9.98. The summed E-state index contributed by atoms with van der Waals surface area (Å²) in [6.07, 6.45) is 1.08. The van der Waals surface area contributed by atoms with Crippen molar-refractivity contribution in [2.24, 2.45) is 17.8 Å². The van der Waals surface area contributed by atoms with Crippen molar-refractivity contribution < 1.29 is 24.2 Å². The molecule has 3 atom stereocenters. The molecule has 0 aromatic rings. The number of rotatable bonds is 3. The van der Waals surface area contributed by atoms with Gasteiger partial charge in [-0.15, -0.1) is 0 Å². The summed E-state index contributed by atoms with van der Waals surface area (Å²) in [5.41, 5.74) is 0. The summed E-state index contributed by atoms with van der Waals surface area (Å²) in [6, 6.07) is 0. The highest BCUT2D eigenvalue weighted by Gasteiger charge is 2.42. The lowest BCUT2D eigenvalue weighted by Crippen LogP contribution is -2.21. The molecule has 1 rings (SSSR count). The van der Waals surface area contributed by atoms with Gasteiger partial charge in [0.25, 0.3) is 0 Å². The van der Waals surface area contributed by atoms with E-state index in [2.05, 4.69) is 4.74 Å². The molecule has 1 N–H and O–H groups in total. The molecule has 0 saturated heterocycles. The number of hydrogen-bond donors (Lipinski definition) is 1. The Morgan fingerprint density at radius 2 is 2.07 bits per heavy atom. The first kappa shape index (κ1) is 10.7. The number of esters is 1. The van der Waals surface area contributed by atoms with E-state index in [-0.39, 0.29) is 12.8 Å². The minimum Gasteiger partial charge on any atom is -0.481 e. The van der Waals surface area contributed by atoms with E-state index in [4.69, 9.17) is 5.11 Å². The zero-order valence-electron chi connectivity index (χ0n) is 7.80. The van der Waals surface area contributed by atoms with Crippen LogP contribution in [0.25, 0.3) is 0 Å². The van der Waals surface area contributed by atoms with E-state index in [1.54, 1.807) is 0 Å². The fourth-order valence-electron chi connectivity index (χ4n) is 1.84. The Hall–Kier alpha value is -1.39. The predicted molar refractivity (Wildman–Crippen MR) is 45.4 cm³/mol. The van der Waals surface area contributed by atoms with Gasteiger partial charge in [-0.1, -0.05) is 0 Å². The molecule has 0 spiro atoms. The average Bonchev–Trinajstić information content (AvgIpc) is 2.60. The van der Waals surface area contributed by atoms with E-state index in [1.165, 1.54) is 7.11 Å². The second-order valence-corrected chi connectivity index (χ2v) is 3.44. The molecule has 1 aliphatic rings. The number of ether oxygens (including phenoxy) is 1. The molecule has 0 unspecified atom stereocenters. The number of aldehydes is 1. The van der Waals surface area contributed by atoms with Gasteiger partial charge in [-0.25, -0.2) is 0 Å². The van der Waals surface area contributed by atoms with Crippen LogP contribution in [-0.2, 0) is 19.1 Å². The lowest BCUT2D eigenvalue weighted by molar-refractivity contribution is -0.147. The summed E-state index contributed by atoms with van der Waals surface area (Å²) < 4.78 is 4.50. The number of hydrogen-bond acceptors (Lipinski definition) is 4. The molecule has 1 fully saturated rings. The molecule has 14 heavy (non-hydrogen) atoms. The first-order valence-electron chi connectivity index (χ1n) is 4.36. The highest BCUT2D eigenvalue weighted by Crippen LogP contribution is 2.36. The van der Waals surface area contributed by atoms with Crippen molar-refractivity contribution in [1.82, 2.24) is 0 Å². The fourth-order valence-corrected chi connectivity index (χ4v) is 1.84. The van der Waals surface area contributed by atoms with Crippen molar-refractivity contribution in [2.75, 3.05) is 7.11 Å². The van der Waals surface area contributed by atoms with Crippen LogP contribution in [0.4, 0.5) is 0 Å². The van der Waals surface area contributed by atoms with Gasteiger partial charge in [-0.2, -0.15) is 0 Å². The van der Waals surface area contributed by atoms with E-state index in [1.807, 2.05) is 0 Å². The monoisotopic (exact) mass is 200 g/mol. The van der Waals surface area contributed by atoms with Crippen LogP contribution in [0.2, 0.25) is 0 Å². The van der Waals surface area contributed by atoms with Crippen LogP contribution in [0.1, 0.15) is 12.8 Å². The summed E-state index contributed by atoms with van der Waals surface area (Å²) in [5, 5.41) is 8.73. The molecule has 0 amide bonds. The van der Waals surface area contributed by atoms with Gasteiger partial charge in [0.15, 0.2) is 0 Å². The number of carboxylic acids is 1. The molecular formula is C9H12O5. The summed E-state index contributed by atoms with van der Waals surface area (Å²) in [7, 11) is 1.23. The van der Waals surface area contributed by atoms with E-state index in [0.29, 0.717) is 6.29 Å². The SMILES string of the molecule is COC(=O)[C@@H]1C[C@H](C(=O)O)C[C@@H]1C=O. The van der Waals surface area contributed by atoms with Crippen molar-refractivity contribution in [3.63, 3.8) is 0 Å². The topological polar surface area (TPSA) is 80.7 Å². The average molecular weight is 200 g/mol. The maximum absolute atomic E-state index is 11.2. The van der Waals surface area contributed by atoms with Gasteiger partial charge < -0.3 is 14.6 Å². The van der Waals surface area contributed by atoms with Crippen molar-refractivity contribution >= 4 is 18.2 Å². The molecular weight excluding hydrogens is 188 g/mol.